The molecule has 2 heterocycles. The quantitative estimate of drug-likeness (QED) is 0.664. The second-order valence-corrected chi connectivity index (χ2v) is 5.35. The minimum absolute atomic E-state index is 0.364. The number of aromatic nitrogens is 3. The van der Waals surface area contributed by atoms with E-state index in [2.05, 4.69) is 46.6 Å². The number of imidazole rings is 1. The molecule has 0 aliphatic carbocycles. The molecule has 0 bridgehead atoms. The van der Waals surface area contributed by atoms with Crippen LogP contribution in [0.25, 0.3) is 16.9 Å². The van der Waals surface area contributed by atoms with Crippen LogP contribution in [0.3, 0.4) is 0 Å². The fourth-order valence-electron chi connectivity index (χ4n) is 2.44. The van der Waals surface area contributed by atoms with E-state index in [0.29, 0.717) is 5.88 Å². The van der Waals surface area contributed by atoms with Gasteiger partial charge in [0.25, 0.3) is 0 Å². The molecule has 4 heteroatoms. The van der Waals surface area contributed by atoms with E-state index >= 15 is 0 Å². The van der Waals surface area contributed by atoms with Gasteiger partial charge in [-0.1, -0.05) is 12.1 Å². The third-order valence-corrected chi connectivity index (χ3v) is 3.78. The highest BCUT2D eigenvalue weighted by molar-refractivity contribution is 6.17. The van der Waals surface area contributed by atoms with Crippen molar-refractivity contribution in [2.24, 2.45) is 0 Å². The first-order valence-corrected chi connectivity index (χ1v) is 7.12. The summed E-state index contributed by atoms with van der Waals surface area (Å²) in [7, 11) is 0. The van der Waals surface area contributed by atoms with E-state index in [-0.39, 0.29) is 0 Å². The number of pyridine rings is 1. The summed E-state index contributed by atoms with van der Waals surface area (Å²) in [5.41, 5.74) is 6.40. The first kappa shape index (κ1) is 13.1. The zero-order valence-electron chi connectivity index (χ0n) is 11.8. The van der Waals surface area contributed by atoms with Crippen LogP contribution in [0.15, 0.2) is 30.5 Å². The van der Waals surface area contributed by atoms with Gasteiger partial charge in [0.15, 0.2) is 5.65 Å². The molecule has 1 aromatic carbocycles. The molecule has 0 amide bonds. The van der Waals surface area contributed by atoms with Crippen molar-refractivity contribution in [1.82, 2.24) is 14.5 Å². The summed E-state index contributed by atoms with van der Waals surface area (Å²) in [5.74, 6) is 1.19. The number of nitrogens with zero attached hydrogens (tertiary/aromatic N) is 3. The topological polar surface area (TPSA) is 30.7 Å². The second kappa shape index (κ2) is 4.91. The van der Waals surface area contributed by atoms with Crippen LogP contribution in [0.2, 0.25) is 0 Å². The molecule has 0 N–H and O–H groups in total. The van der Waals surface area contributed by atoms with Crippen LogP contribution in [-0.2, 0) is 5.88 Å². The molecular weight excluding hydrogens is 270 g/mol. The van der Waals surface area contributed by atoms with Crippen molar-refractivity contribution < 1.29 is 0 Å². The van der Waals surface area contributed by atoms with Crippen LogP contribution in [0.5, 0.6) is 0 Å². The molecule has 2 aromatic heterocycles. The predicted molar refractivity (Wildman–Crippen MR) is 82.6 cm³/mol. The fraction of sp³-hybridized carbons (Fsp3) is 0.250. The number of benzene rings is 1. The Labute approximate surface area is 123 Å². The molecule has 0 aliphatic heterocycles. The van der Waals surface area contributed by atoms with Gasteiger partial charge in [0, 0.05) is 6.20 Å². The van der Waals surface area contributed by atoms with Crippen molar-refractivity contribution in [3.05, 3.63) is 53.0 Å². The van der Waals surface area contributed by atoms with Gasteiger partial charge in [-0.25, -0.2) is 9.97 Å². The van der Waals surface area contributed by atoms with Crippen molar-refractivity contribution >= 4 is 22.8 Å². The largest absolute Gasteiger partial charge is 0.279 e. The lowest BCUT2D eigenvalue weighted by atomic mass is 10.1. The van der Waals surface area contributed by atoms with Crippen LogP contribution in [0.1, 0.15) is 22.5 Å². The molecule has 102 valence electrons. The number of hydrogen-bond donors (Lipinski definition) is 0. The number of fused-ring (bicyclic) bond motifs is 1. The monoisotopic (exact) mass is 285 g/mol. The van der Waals surface area contributed by atoms with Crippen molar-refractivity contribution in [2.45, 2.75) is 26.7 Å². The van der Waals surface area contributed by atoms with E-state index in [1.165, 1.54) is 11.1 Å². The third kappa shape index (κ3) is 1.98. The van der Waals surface area contributed by atoms with E-state index < -0.39 is 0 Å². The molecule has 3 nitrogen and oxygen atoms in total. The van der Waals surface area contributed by atoms with Crippen LogP contribution < -0.4 is 0 Å². The first-order valence-electron chi connectivity index (χ1n) is 6.58. The maximum Gasteiger partial charge on any atom is 0.164 e. The Kier molecular flexibility index (Phi) is 3.22. The molecule has 0 atom stereocenters. The summed E-state index contributed by atoms with van der Waals surface area (Å²) in [6, 6.07) is 8.35. The van der Waals surface area contributed by atoms with Gasteiger partial charge in [-0.15, -0.1) is 11.6 Å². The van der Waals surface area contributed by atoms with E-state index in [4.69, 9.17) is 11.6 Å². The van der Waals surface area contributed by atoms with Gasteiger partial charge >= 0.3 is 0 Å². The third-order valence-electron chi connectivity index (χ3n) is 3.54. The van der Waals surface area contributed by atoms with Crippen LogP contribution in [-0.4, -0.2) is 14.5 Å². The lowest BCUT2D eigenvalue weighted by Gasteiger charge is -2.11. The van der Waals surface area contributed by atoms with Crippen LogP contribution in [0, 0.1) is 20.8 Å². The average molecular weight is 286 g/mol. The normalized spacial score (nSPS) is 11.2. The summed E-state index contributed by atoms with van der Waals surface area (Å²) in [5, 5.41) is 0. The smallest absolute Gasteiger partial charge is 0.164 e. The Morgan fingerprint density at radius 3 is 2.65 bits per heavy atom. The van der Waals surface area contributed by atoms with Crippen LogP contribution >= 0.6 is 11.6 Å². The summed E-state index contributed by atoms with van der Waals surface area (Å²) in [4.78, 5) is 9.15. The minimum atomic E-state index is 0.364. The maximum absolute atomic E-state index is 6.09. The highest BCUT2D eigenvalue weighted by Gasteiger charge is 2.15. The molecule has 20 heavy (non-hydrogen) atoms. The SMILES string of the molecule is Cc1ccc(C)c(-n2c(CCl)nc3c(C)ccnc32)c1. The Morgan fingerprint density at radius 2 is 1.90 bits per heavy atom. The number of rotatable bonds is 2. The predicted octanol–water partition coefficient (Wildman–Crippen LogP) is 4.08. The van der Waals surface area contributed by atoms with Gasteiger partial charge in [0.1, 0.15) is 11.3 Å². The van der Waals surface area contributed by atoms with E-state index in [1.54, 1.807) is 0 Å². The van der Waals surface area contributed by atoms with E-state index in [0.717, 1.165) is 28.2 Å². The molecule has 0 fully saturated rings. The lowest BCUT2D eigenvalue weighted by Crippen LogP contribution is -2.03. The van der Waals surface area contributed by atoms with E-state index in [1.807, 2.05) is 19.2 Å². The van der Waals surface area contributed by atoms with Gasteiger partial charge < -0.3 is 0 Å². The van der Waals surface area contributed by atoms with Gasteiger partial charge in [-0.3, -0.25) is 4.57 Å². The van der Waals surface area contributed by atoms with E-state index in [9.17, 15) is 0 Å². The highest BCUT2D eigenvalue weighted by Crippen LogP contribution is 2.25. The molecular formula is C16H16ClN3. The summed E-state index contributed by atoms with van der Waals surface area (Å²) in [6.07, 6.45) is 1.82. The number of aryl methyl sites for hydroxylation is 3. The van der Waals surface area contributed by atoms with Gasteiger partial charge in [0.2, 0.25) is 0 Å². The Morgan fingerprint density at radius 1 is 1.10 bits per heavy atom. The maximum atomic E-state index is 6.09. The molecule has 0 unspecified atom stereocenters. The first-order chi connectivity index (χ1) is 9.61. The summed E-state index contributed by atoms with van der Waals surface area (Å²) >= 11 is 6.09. The standard InChI is InChI=1S/C16H16ClN3/c1-10-4-5-11(2)13(8-10)20-14(9-17)19-15-12(3)6-7-18-16(15)20/h4-8H,9H2,1-3H3. The lowest BCUT2D eigenvalue weighted by molar-refractivity contribution is 0.958. The Balaban J connectivity index is 2.40. The summed E-state index contributed by atoms with van der Waals surface area (Å²) < 4.78 is 2.07. The molecule has 0 saturated carbocycles. The summed E-state index contributed by atoms with van der Waals surface area (Å²) in [6.45, 7) is 6.22. The van der Waals surface area contributed by atoms with Crippen molar-refractivity contribution in [3.8, 4) is 5.69 Å². The zero-order valence-corrected chi connectivity index (χ0v) is 12.6. The molecule has 0 spiro atoms. The Hall–Kier alpha value is -1.87. The molecule has 0 aliphatic rings. The van der Waals surface area contributed by atoms with Gasteiger partial charge in [-0.05, 0) is 49.6 Å². The van der Waals surface area contributed by atoms with Crippen molar-refractivity contribution in [3.63, 3.8) is 0 Å². The second-order valence-electron chi connectivity index (χ2n) is 5.09. The molecule has 3 aromatic rings. The number of halogens is 1. The highest BCUT2D eigenvalue weighted by atomic mass is 35.5. The molecule has 0 saturated heterocycles. The Bertz CT molecular complexity index is 790. The van der Waals surface area contributed by atoms with Gasteiger partial charge in [-0.2, -0.15) is 0 Å². The molecule has 3 rings (SSSR count). The van der Waals surface area contributed by atoms with Gasteiger partial charge in [0.05, 0.1) is 11.6 Å². The van der Waals surface area contributed by atoms with Crippen LogP contribution in [0.4, 0.5) is 0 Å². The fourth-order valence-corrected chi connectivity index (χ4v) is 2.62. The minimum Gasteiger partial charge on any atom is -0.279 e. The number of alkyl halides is 1. The zero-order chi connectivity index (χ0) is 14.3. The van der Waals surface area contributed by atoms with Crippen molar-refractivity contribution in [1.29, 1.82) is 0 Å². The molecule has 0 radical (unpaired) electrons. The number of hydrogen-bond acceptors (Lipinski definition) is 2. The van der Waals surface area contributed by atoms with Crippen molar-refractivity contribution in [2.75, 3.05) is 0 Å². The average Bonchev–Trinajstić information content (AvgIpc) is 2.81.